The summed E-state index contributed by atoms with van der Waals surface area (Å²) >= 11 is 0. The molecule has 7 heteroatoms. The van der Waals surface area contributed by atoms with E-state index in [0.717, 1.165) is 34.9 Å². The van der Waals surface area contributed by atoms with Gasteiger partial charge in [0.15, 0.2) is 0 Å². The van der Waals surface area contributed by atoms with Crippen molar-refractivity contribution in [3.8, 4) is 29.7 Å². The van der Waals surface area contributed by atoms with Crippen LogP contribution >= 0.6 is 0 Å². The van der Waals surface area contributed by atoms with Crippen molar-refractivity contribution in [3.05, 3.63) is 96.1 Å². The van der Waals surface area contributed by atoms with Crippen molar-refractivity contribution in [2.75, 3.05) is 19.8 Å². The van der Waals surface area contributed by atoms with Gasteiger partial charge in [-0.3, -0.25) is 4.90 Å². The molecule has 4 aromatic rings. The molecule has 2 heterocycles. The van der Waals surface area contributed by atoms with Crippen molar-refractivity contribution < 1.29 is 19.0 Å². The van der Waals surface area contributed by atoms with Crippen LogP contribution in [-0.4, -0.2) is 45.6 Å². The lowest BCUT2D eigenvalue weighted by atomic mass is 10.1. The summed E-state index contributed by atoms with van der Waals surface area (Å²) in [6.45, 7) is 3.74. The van der Waals surface area contributed by atoms with Crippen LogP contribution in [0.25, 0.3) is 5.69 Å². The van der Waals surface area contributed by atoms with E-state index in [0.29, 0.717) is 25.5 Å². The third kappa shape index (κ3) is 6.64. The number of aliphatic hydroxyl groups is 1. The number of hydrogen-bond donors (Lipinski definition) is 1. The fourth-order valence-corrected chi connectivity index (χ4v) is 4.01. The minimum absolute atomic E-state index is 0.149. The Kier molecular flexibility index (Phi) is 8.95. The first-order chi connectivity index (χ1) is 17.7. The summed E-state index contributed by atoms with van der Waals surface area (Å²) in [5, 5.41) is 15.6. The zero-order valence-corrected chi connectivity index (χ0v) is 20.4. The number of para-hydroxylation sites is 2. The topological polar surface area (TPSA) is 72.9 Å². The molecule has 186 valence electrons. The summed E-state index contributed by atoms with van der Waals surface area (Å²) < 4.78 is 19.3. The summed E-state index contributed by atoms with van der Waals surface area (Å²) in [5.74, 6) is 4.59. The Hall–Kier alpha value is -3.83. The molecule has 0 aliphatic carbocycles. The molecule has 7 nitrogen and oxygen atoms in total. The molecule has 0 aliphatic heterocycles. The number of aryl methyl sites for hydroxylation is 1. The van der Waals surface area contributed by atoms with Gasteiger partial charge in [-0.1, -0.05) is 49.2 Å². The maximum Gasteiger partial charge on any atom is 0.227 e. The predicted octanol–water partition coefficient (Wildman–Crippen LogP) is 4.83. The van der Waals surface area contributed by atoms with Crippen molar-refractivity contribution in [2.24, 2.45) is 0 Å². The van der Waals surface area contributed by atoms with Crippen molar-refractivity contribution >= 4 is 0 Å². The second-order valence-corrected chi connectivity index (χ2v) is 8.37. The van der Waals surface area contributed by atoms with Gasteiger partial charge in [-0.05, 0) is 42.8 Å². The van der Waals surface area contributed by atoms with E-state index < -0.39 is 6.10 Å². The van der Waals surface area contributed by atoms with Crippen molar-refractivity contribution in [1.82, 2.24) is 14.7 Å². The summed E-state index contributed by atoms with van der Waals surface area (Å²) in [6.07, 6.45) is 6.92. The average Bonchev–Trinajstić information content (AvgIpc) is 3.53. The van der Waals surface area contributed by atoms with Crippen LogP contribution in [0.1, 0.15) is 23.9 Å². The summed E-state index contributed by atoms with van der Waals surface area (Å²) in [7, 11) is 0. The first-order valence-electron chi connectivity index (χ1n) is 12.0. The Balaban J connectivity index is 1.69. The van der Waals surface area contributed by atoms with Crippen molar-refractivity contribution in [3.63, 3.8) is 0 Å². The van der Waals surface area contributed by atoms with E-state index in [1.807, 2.05) is 77.5 Å². The van der Waals surface area contributed by atoms with Crippen LogP contribution in [0.4, 0.5) is 0 Å². The molecule has 1 N–H and O–H groups in total. The number of ether oxygens (including phenoxy) is 2. The van der Waals surface area contributed by atoms with E-state index in [1.165, 1.54) is 0 Å². The minimum atomic E-state index is -0.721. The first-order valence-corrected chi connectivity index (χ1v) is 12.0. The van der Waals surface area contributed by atoms with E-state index >= 15 is 0 Å². The van der Waals surface area contributed by atoms with Gasteiger partial charge in [0.25, 0.3) is 0 Å². The predicted molar refractivity (Wildman–Crippen MR) is 138 cm³/mol. The molecule has 4 rings (SSSR count). The van der Waals surface area contributed by atoms with Gasteiger partial charge in [0, 0.05) is 13.1 Å². The van der Waals surface area contributed by atoms with Crippen LogP contribution in [0.5, 0.6) is 11.6 Å². The van der Waals surface area contributed by atoms with E-state index in [2.05, 4.69) is 17.7 Å². The number of aliphatic hydroxyl groups excluding tert-OH is 1. The molecule has 0 bridgehead atoms. The molecule has 0 saturated heterocycles. The van der Waals surface area contributed by atoms with Crippen LogP contribution in [0, 0.1) is 12.3 Å². The zero-order valence-electron chi connectivity index (χ0n) is 20.4. The van der Waals surface area contributed by atoms with Crippen LogP contribution in [0.2, 0.25) is 0 Å². The van der Waals surface area contributed by atoms with Crippen LogP contribution in [-0.2, 0) is 24.2 Å². The van der Waals surface area contributed by atoms with E-state index in [1.54, 1.807) is 6.26 Å². The Morgan fingerprint density at radius 2 is 1.81 bits per heavy atom. The number of aromatic nitrogens is 2. The number of nitrogens with zero attached hydrogens (tertiary/aromatic N) is 3. The molecule has 0 amide bonds. The Labute approximate surface area is 211 Å². The lowest BCUT2D eigenvalue weighted by Gasteiger charge is -2.24. The van der Waals surface area contributed by atoms with Gasteiger partial charge < -0.3 is 19.0 Å². The quantitative estimate of drug-likeness (QED) is 0.216. The molecule has 2 aromatic carbocycles. The molecule has 1 atom stereocenters. The lowest BCUT2D eigenvalue weighted by Crippen LogP contribution is -2.34. The molecule has 1 unspecified atom stereocenters. The van der Waals surface area contributed by atoms with E-state index in [9.17, 15) is 5.11 Å². The van der Waals surface area contributed by atoms with Crippen molar-refractivity contribution in [1.29, 1.82) is 0 Å². The van der Waals surface area contributed by atoms with E-state index in [-0.39, 0.29) is 13.2 Å². The summed E-state index contributed by atoms with van der Waals surface area (Å²) in [5.41, 5.74) is 2.78. The Morgan fingerprint density at radius 3 is 2.47 bits per heavy atom. The number of hydrogen-bond acceptors (Lipinski definition) is 6. The Bertz CT molecular complexity index is 1230. The molecule has 0 saturated carbocycles. The fraction of sp³-hybridized carbons (Fsp3) is 0.276. The molecule has 0 aliphatic rings. The number of furan rings is 1. The SMILES string of the molecule is C#CCOCC(O)CN(Cc1ccco1)Cc1c(CC)nn(-c2ccccc2)c1Oc1ccccc1. The number of terminal acetylenes is 1. The fourth-order valence-electron chi connectivity index (χ4n) is 4.01. The zero-order chi connectivity index (χ0) is 25.2. The smallest absolute Gasteiger partial charge is 0.227 e. The van der Waals surface area contributed by atoms with Gasteiger partial charge in [-0.2, -0.15) is 5.10 Å². The average molecular weight is 486 g/mol. The highest BCUT2D eigenvalue weighted by Crippen LogP contribution is 2.32. The standard InChI is InChI=1S/C29H31N3O4/c1-3-17-34-22-24(33)19-31(20-26-16-11-18-35-26)21-27-28(4-2)30-32(23-12-7-5-8-13-23)29(27)36-25-14-9-6-10-15-25/h1,5-16,18,24,33H,4,17,19-22H2,2H3. The van der Waals surface area contributed by atoms with Crippen molar-refractivity contribution in [2.45, 2.75) is 32.5 Å². The van der Waals surface area contributed by atoms with Gasteiger partial charge in [0.1, 0.15) is 18.1 Å². The second-order valence-electron chi connectivity index (χ2n) is 8.37. The maximum absolute atomic E-state index is 10.6. The molecule has 0 spiro atoms. The summed E-state index contributed by atoms with van der Waals surface area (Å²) in [6, 6.07) is 23.4. The minimum Gasteiger partial charge on any atom is -0.468 e. The number of rotatable bonds is 13. The van der Waals surface area contributed by atoms with Crippen LogP contribution < -0.4 is 4.74 Å². The van der Waals surface area contributed by atoms with Gasteiger partial charge in [0.05, 0.1) is 42.5 Å². The lowest BCUT2D eigenvalue weighted by molar-refractivity contribution is 0.0228. The third-order valence-electron chi connectivity index (χ3n) is 5.62. The van der Waals surface area contributed by atoms with Gasteiger partial charge in [-0.25, -0.2) is 4.68 Å². The third-order valence-corrected chi connectivity index (χ3v) is 5.62. The van der Waals surface area contributed by atoms with Crippen LogP contribution in [0.3, 0.4) is 0 Å². The molecule has 0 fully saturated rings. The Morgan fingerprint density at radius 1 is 1.06 bits per heavy atom. The molecule has 0 radical (unpaired) electrons. The monoisotopic (exact) mass is 485 g/mol. The molecule has 2 aromatic heterocycles. The normalized spacial score (nSPS) is 11.9. The van der Waals surface area contributed by atoms with E-state index in [4.69, 9.17) is 25.4 Å². The largest absolute Gasteiger partial charge is 0.468 e. The first kappa shape index (κ1) is 25.3. The molecular formula is C29H31N3O4. The number of benzene rings is 2. The highest BCUT2D eigenvalue weighted by atomic mass is 16.5. The van der Waals surface area contributed by atoms with Gasteiger partial charge >= 0.3 is 0 Å². The van der Waals surface area contributed by atoms with Gasteiger partial charge in [-0.15, -0.1) is 6.42 Å². The molecule has 36 heavy (non-hydrogen) atoms. The van der Waals surface area contributed by atoms with Crippen LogP contribution in [0.15, 0.2) is 83.5 Å². The highest BCUT2D eigenvalue weighted by molar-refractivity contribution is 5.43. The highest BCUT2D eigenvalue weighted by Gasteiger charge is 2.24. The second kappa shape index (κ2) is 12.8. The summed E-state index contributed by atoms with van der Waals surface area (Å²) in [4.78, 5) is 2.10. The molecular weight excluding hydrogens is 454 g/mol. The maximum atomic E-state index is 10.6. The van der Waals surface area contributed by atoms with Gasteiger partial charge in [0.2, 0.25) is 5.88 Å².